The van der Waals surface area contributed by atoms with Gasteiger partial charge in [0.2, 0.25) is 0 Å². The van der Waals surface area contributed by atoms with E-state index in [0.29, 0.717) is 5.56 Å². The molecule has 0 fully saturated rings. The molecule has 4 nitrogen and oxygen atoms in total. The molecule has 0 N–H and O–H groups in total. The number of hydrogen-bond acceptors (Lipinski definition) is 4. The maximum Gasteiger partial charge on any atom is 0.339 e. The van der Waals surface area contributed by atoms with Crippen LogP contribution < -0.4 is 0 Å². The van der Waals surface area contributed by atoms with Crippen molar-refractivity contribution in [3.05, 3.63) is 215 Å². The van der Waals surface area contributed by atoms with Gasteiger partial charge in [-0.1, -0.05) is 159 Å². The third-order valence-electron chi connectivity index (χ3n) is 11.5. The van der Waals surface area contributed by atoms with Crippen molar-refractivity contribution in [1.82, 2.24) is 0 Å². The van der Waals surface area contributed by atoms with Gasteiger partial charge in [0.05, 0.1) is 12.0 Å². The van der Waals surface area contributed by atoms with Crippen molar-refractivity contribution in [1.29, 1.82) is 0 Å². The molecule has 8 aromatic carbocycles. The first-order valence-corrected chi connectivity index (χ1v) is 19.1. The summed E-state index contributed by atoms with van der Waals surface area (Å²) in [5, 5.41) is 3.97. The fraction of sp³-hybridized carbons (Fsp3) is 0.0566. The summed E-state index contributed by atoms with van der Waals surface area (Å²) < 4.78 is 12.7. The van der Waals surface area contributed by atoms with Crippen LogP contribution in [-0.2, 0) is 20.7 Å². The molecule has 2 aliphatic rings. The van der Waals surface area contributed by atoms with Gasteiger partial charge in [0.1, 0.15) is 0 Å². The van der Waals surface area contributed by atoms with E-state index in [1.807, 2.05) is 97.1 Å². The monoisotopic (exact) mass is 736 g/mol. The maximum absolute atomic E-state index is 13.9. The van der Waals surface area contributed by atoms with Crippen molar-refractivity contribution in [3.63, 3.8) is 0 Å². The van der Waals surface area contributed by atoms with Crippen LogP contribution in [0.1, 0.15) is 61.5 Å². The minimum Gasteiger partial charge on any atom is -0.452 e. The Hall–Kier alpha value is -7.30. The third-order valence-corrected chi connectivity index (χ3v) is 11.5. The Morgan fingerprint density at radius 3 is 1.96 bits per heavy atom. The summed E-state index contributed by atoms with van der Waals surface area (Å²) >= 11 is 0. The molecule has 0 aliphatic heterocycles. The zero-order valence-electron chi connectivity index (χ0n) is 31.1. The van der Waals surface area contributed by atoms with Crippen LogP contribution in [-0.4, -0.2) is 11.9 Å². The lowest BCUT2D eigenvalue weighted by molar-refractivity contribution is -0.146. The number of ether oxygens (including phenoxy) is 2. The molecule has 4 heteroatoms. The fourth-order valence-electron chi connectivity index (χ4n) is 8.68. The molecule has 2 aliphatic carbocycles. The highest BCUT2D eigenvalue weighted by Crippen LogP contribution is 2.49. The van der Waals surface area contributed by atoms with E-state index in [1.54, 1.807) is 6.08 Å². The van der Waals surface area contributed by atoms with Crippen LogP contribution in [0.4, 0.5) is 0 Å². The van der Waals surface area contributed by atoms with Gasteiger partial charge < -0.3 is 9.47 Å². The topological polar surface area (TPSA) is 52.6 Å². The Bertz CT molecular complexity index is 2990. The second-order valence-electron chi connectivity index (χ2n) is 14.7. The summed E-state index contributed by atoms with van der Waals surface area (Å²) in [7, 11) is 0. The molecule has 10 rings (SSSR count). The Kier molecular flexibility index (Phi) is 8.27. The summed E-state index contributed by atoms with van der Waals surface area (Å²) in [4.78, 5) is 27.6. The van der Waals surface area contributed by atoms with Crippen molar-refractivity contribution in [2.45, 2.75) is 18.6 Å². The van der Waals surface area contributed by atoms with E-state index in [4.69, 9.17) is 9.47 Å². The molecule has 0 saturated carbocycles. The van der Waals surface area contributed by atoms with E-state index in [1.165, 1.54) is 0 Å². The standard InChI is InChI=1S/C53H36O4/c1-3-32-19-21-36-28-33(20-22-35(36)27-32)29-50(54)56-52-44-14-7-5-12-41(44)43-25-23-38(31-49(43)52)37-24-26-46-48(30-37)42-13-6-8-15-45(42)51(46)57-53(55)47-18-10-16-39-34(4-2)11-9-17-40(39)47/h3-28,30-31,51-52H,1-2,29H2. The number of benzene rings is 8. The minimum absolute atomic E-state index is 0.166. The van der Waals surface area contributed by atoms with Gasteiger partial charge in [-0.05, 0) is 95.9 Å². The zero-order valence-corrected chi connectivity index (χ0v) is 31.1. The van der Waals surface area contributed by atoms with Gasteiger partial charge in [-0.15, -0.1) is 0 Å². The fourth-order valence-corrected chi connectivity index (χ4v) is 8.68. The van der Waals surface area contributed by atoms with Crippen LogP contribution in [0.5, 0.6) is 0 Å². The molecule has 2 unspecified atom stereocenters. The number of hydrogen-bond donors (Lipinski definition) is 0. The van der Waals surface area contributed by atoms with Crippen LogP contribution >= 0.6 is 0 Å². The molecule has 0 bridgehead atoms. The summed E-state index contributed by atoms with van der Waals surface area (Å²) in [5.74, 6) is -0.658. The van der Waals surface area contributed by atoms with E-state index in [0.717, 1.165) is 93.9 Å². The third kappa shape index (κ3) is 5.85. The highest BCUT2D eigenvalue weighted by Gasteiger charge is 2.34. The highest BCUT2D eigenvalue weighted by atomic mass is 16.5. The molecule has 0 aromatic heterocycles. The van der Waals surface area contributed by atoms with Gasteiger partial charge in [-0.2, -0.15) is 0 Å². The maximum atomic E-state index is 13.9. The largest absolute Gasteiger partial charge is 0.452 e. The smallest absolute Gasteiger partial charge is 0.339 e. The van der Waals surface area contributed by atoms with E-state index in [9.17, 15) is 9.59 Å². The average molecular weight is 737 g/mol. The van der Waals surface area contributed by atoms with Gasteiger partial charge in [0.15, 0.2) is 12.2 Å². The predicted octanol–water partition coefficient (Wildman–Crippen LogP) is 12.7. The second-order valence-corrected chi connectivity index (χ2v) is 14.7. The van der Waals surface area contributed by atoms with Crippen LogP contribution in [0.25, 0.3) is 67.1 Å². The SMILES string of the molecule is C=Cc1ccc2cc(CC(=O)OC3c4ccccc4-c4ccc(-c5ccc6c(c5)-c5ccccc5C6OC(=O)c5cccc6c(C=C)cccc56)cc43)ccc2c1. The van der Waals surface area contributed by atoms with Gasteiger partial charge in [-0.25, -0.2) is 4.79 Å². The van der Waals surface area contributed by atoms with Crippen LogP contribution in [0.15, 0.2) is 171 Å². The molecule has 2 atom stereocenters. The van der Waals surface area contributed by atoms with Crippen molar-refractivity contribution in [2.24, 2.45) is 0 Å². The number of rotatable bonds is 8. The lowest BCUT2D eigenvalue weighted by Crippen LogP contribution is -2.13. The second kappa shape index (κ2) is 13.8. The normalized spacial score (nSPS) is 14.7. The van der Waals surface area contributed by atoms with Crippen LogP contribution in [0.3, 0.4) is 0 Å². The number of esters is 2. The van der Waals surface area contributed by atoms with E-state index in [-0.39, 0.29) is 18.4 Å². The van der Waals surface area contributed by atoms with E-state index in [2.05, 4.69) is 79.9 Å². The predicted molar refractivity (Wildman–Crippen MR) is 230 cm³/mol. The number of fused-ring (bicyclic) bond motifs is 8. The Balaban J connectivity index is 0.957. The lowest BCUT2D eigenvalue weighted by Gasteiger charge is -2.17. The Labute approximate surface area is 331 Å². The number of carbonyl (C=O) groups is 2. The van der Waals surface area contributed by atoms with Gasteiger partial charge >= 0.3 is 11.9 Å². The number of carbonyl (C=O) groups excluding carboxylic acids is 2. The summed E-state index contributed by atoms with van der Waals surface area (Å²) in [6.07, 6.45) is 2.71. The molecular weight excluding hydrogens is 701 g/mol. The quantitative estimate of drug-likeness (QED) is 0.146. The summed E-state index contributed by atoms with van der Waals surface area (Å²) in [6, 6.07) is 52.9. The van der Waals surface area contributed by atoms with Crippen molar-refractivity contribution < 1.29 is 19.1 Å². The Morgan fingerprint density at radius 2 is 1.16 bits per heavy atom. The molecule has 0 amide bonds. The van der Waals surface area contributed by atoms with Crippen molar-refractivity contribution in [2.75, 3.05) is 0 Å². The molecule has 0 heterocycles. The molecule has 57 heavy (non-hydrogen) atoms. The van der Waals surface area contributed by atoms with E-state index < -0.39 is 12.2 Å². The summed E-state index contributed by atoms with van der Waals surface area (Å²) in [5.41, 5.74) is 13.5. The highest BCUT2D eigenvalue weighted by molar-refractivity contribution is 6.07. The first-order chi connectivity index (χ1) is 28.0. The van der Waals surface area contributed by atoms with Crippen LogP contribution in [0.2, 0.25) is 0 Å². The molecular formula is C53H36O4. The minimum atomic E-state index is -0.555. The van der Waals surface area contributed by atoms with Crippen molar-refractivity contribution >= 4 is 45.6 Å². The van der Waals surface area contributed by atoms with Gasteiger partial charge in [-0.3, -0.25) is 4.79 Å². The lowest BCUT2D eigenvalue weighted by atomic mass is 9.95. The first-order valence-electron chi connectivity index (χ1n) is 19.1. The molecule has 0 spiro atoms. The average Bonchev–Trinajstić information content (AvgIpc) is 3.73. The molecule has 8 aromatic rings. The molecule has 0 saturated heterocycles. The van der Waals surface area contributed by atoms with Gasteiger partial charge in [0, 0.05) is 22.3 Å². The van der Waals surface area contributed by atoms with Crippen molar-refractivity contribution in [3.8, 4) is 33.4 Å². The summed E-state index contributed by atoms with van der Waals surface area (Å²) in [6.45, 7) is 7.82. The zero-order chi connectivity index (χ0) is 38.6. The Morgan fingerprint density at radius 1 is 0.509 bits per heavy atom. The van der Waals surface area contributed by atoms with E-state index >= 15 is 0 Å². The first kappa shape index (κ1) is 34.2. The van der Waals surface area contributed by atoms with Crippen LogP contribution in [0, 0.1) is 0 Å². The molecule has 272 valence electrons. The van der Waals surface area contributed by atoms with Gasteiger partial charge in [0.25, 0.3) is 0 Å². The molecule has 0 radical (unpaired) electrons.